The number of hydrogen-bond donors (Lipinski definition) is 2. The number of hydrogen-bond acceptors (Lipinski definition) is 8. The summed E-state index contributed by atoms with van der Waals surface area (Å²) in [4.78, 5) is 12.6. The fraction of sp³-hybridized carbons (Fsp3) is 0.450. The highest BCUT2D eigenvalue weighted by Gasteiger charge is 2.30. The van der Waals surface area contributed by atoms with E-state index in [-0.39, 0.29) is 43.2 Å². The number of aromatic nitrogens is 2. The molecule has 2 aromatic rings. The standard InChI is InChI=1S/C20H20ClF3N4O5/c21-13-2-1-11-7-12(10-31-16(11)8-13)17(29)26-14-3-4-15(25-9-14)18-27-28-19(33-18)30-5-6-32-20(22,23)24/h1-2,7-8,14-15,25H,3-6,9-10H2,(H,26,29)/t14-,15+/m0/s1. The molecule has 178 valence electrons. The van der Waals surface area contributed by atoms with Crippen LogP contribution in [0.1, 0.15) is 30.3 Å². The minimum absolute atomic E-state index is 0.112. The van der Waals surface area contributed by atoms with Crippen LogP contribution in [0.3, 0.4) is 0 Å². The maximum atomic E-state index is 12.6. The van der Waals surface area contributed by atoms with E-state index in [1.54, 1.807) is 24.3 Å². The number of benzene rings is 1. The van der Waals surface area contributed by atoms with Gasteiger partial charge in [-0.15, -0.1) is 18.3 Å². The van der Waals surface area contributed by atoms with E-state index < -0.39 is 13.0 Å². The zero-order valence-corrected chi connectivity index (χ0v) is 17.9. The summed E-state index contributed by atoms with van der Waals surface area (Å²) >= 11 is 5.95. The van der Waals surface area contributed by atoms with Crippen molar-refractivity contribution in [3.8, 4) is 11.8 Å². The van der Waals surface area contributed by atoms with Gasteiger partial charge in [-0.2, -0.15) is 0 Å². The van der Waals surface area contributed by atoms with Crippen molar-refractivity contribution in [2.24, 2.45) is 0 Å². The lowest BCUT2D eigenvalue weighted by Crippen LogP contribution is -2.47. The van der Waals surface area contributed by atoms with Crippen LogP contribution in [0, 0.1) is 0 Å². The Balaban J connectivity index is 1.23. The molecule has 0 saturated carbocycles. The molecule has 0 unspecified atom stereocenters. The van der Waals surface area contributed by atoms with Crippen molar-refractivity contribution in [3.05, 3.63) is 40.2 Å². The normalized spacial score (nSPS) is 20.4. The minimum Gasteiger partial charge on any atom is -0.488 e. The molecule has 1 aromatic heterocycles. The highest BCUT2D eigenvalue weighted by Crippen LogP contribution is 2.30. The predicted octanol–water partition coefficient (Wildman–Crippen LogP) is 3.02. The number of nitrogens with one attached hydrogen (secondary N) is 2. The fourth-order valence-corrected chi connectivity index (χ4v) is 3.60. The molecule has 0 spiro atoms. The molecular formula is C20H20ClF3N4O5. The lowest BCUT2D eigenvalue weighted by atomic mass is 10.00. The van der Waals surface area contributed by atoms with Gasteiger partial charge >= 0.3 is 12.4 Å². The number of fused-ring (bicyclic) bond motifs is 1. The molecule has 1 amide bonds. The highest BCUT2D eigenvalue weighted by atomic mass is 35.5. The van der Waals surface area contributed by atoms with E-state index in [0.29, 0.717) is 35.7 Å². The number of carbonyl (C=O) groups is 1. The smallest absolute Gasteiger partial charge is 0.488 e. The summed E-state index contributed by atoms with van der Waals surface area (Å²) in [6.45, 7) is -0.453. The molecule has 1 aromatic carbocycles. The third-order valence-electron chi connectivity index (χ3n) is 5.02. The van der Waals surface area contributed by atoms with Gasteiger partial charge < -0.3 is 24.5 Å². The number of alkyl halides is 3. The molecule has 9 nitrogen and oxygen atoms in total. The first-order valence-corrected chi connectivity index (χ1v) is 10.5. The molecule has 2 N–H and O–H groups in total. The van der Waals surface area contributed by atoms with Crippen molar-refractivity contribution < 1.29 is 36.6 Å². The van der Waals surface area contributed by atoms with Crippen LogP contribution in [0.25, 0.3) is 6.08 Å². The SMILES string of the molecule is O=C(N[C@H]1CC[C@H](c2nnc(OCCOC(F)(F)F)o2)NC1)C1=Cc2ccc(Cl)cc2OC1. The monoisotopic (exact) mass is 488 g/mol. The van der Waals surface area contributed by atoms with Crippen molar-refractivity contribution in [1.82, 2.24) is 20.8 Å². The Kier molecular flexibility index (Phi) is 7.05. The maximum absolute atomic E-state index is 12.6. The summed E-state index contributed by atoms with van der Waals surface area (Å²) in [5.74, 6) is 0.678. The Labute approximate surface area is 191 Å². The number of carbonyl (C=O) groups excluding carboxylic acids is 1. The molecule has 4 rings (SSSR count). The number of nitrogens with zero attached hydrogens (tertiary/aromatic N) is 2. The second-order valence-electron chi connectivity index (χ2n) is 7.40. The van der Waals surface area contributed by atoms with Crippen LogP contribution in [0.4, 0.5) is 13.2 Å². The van der Waals surface area contributed by atoms with Crippen molar-refractivity contribution in [1.29, 1.82) is 0 Å². The summed E-state index contributed by atoms with van der Waals surface area (Å²) in [6.07, 6.45) is -1.93. The van der Waals surface area contributed by atoms with E-state index >= 15 is 0 Å². The second kappa shape index (κ2) is 9.98. The Bertz CT molecular complexity index is 1020. The molecule has 1 fully saturated rings. The van der Waals surface area contributed by atoms with E-state index in [1.165, 1.54) is 0 Å². The zero-order chi connectivity index (χ0) is 23.4. The molecule has 0 aliphatic carbocycles. The van der Waals surface area contributed by atoms with Crippen LogP contribution in [0.15, 0.2) is 28.2 Å². The molecule has 3 heterocycles. The topological polar surface area (TPSA) is 108 Å². The number of rotatable bonds is 7. The van der Waals surface area contributed by atoms with Crippen LogP contribution in [0.5, 0.6) is 11.8 Å². The molecule has 2 aliphatic heterocycles. The van der Waals surface area contributed by atoms with Crippen molar-refractivity contribution in [2.45, 2.75) is 31.3 Å². The van der Waals surface area contributed by atoms with Crippen LogP contribution in [0.2, 0.25) is 5.02 Å². The third kappa shape index (κ3) is 6.36. The van der Waals surface area contributed by atoms with Crippen LogP contribution in [-0.4, -0.2) is 54.9 Å². The Hall–Kier alpha value is -2.83. The van der Waals surface area contributed by atoms with E-state index in [4.69, 9.17) is 25.5 Å². The second-order valence-corrected chi connectivity index (χ2v) is 7.83. The molecule has 0 bridgehead atoms. The van der Waals surface area contributed by atoms with Gasteiger partial charge in [-0.25, -0.2) is 0 Å². The third-order valence-corrected chi connectivity index (χ3v) is 5.26. The van der Waals surface area contributed by atoms with Gasteiger partial charge in [0.15, 0.2) is 0 Å². The van der Waals surface area contributed by atoms with Gasteiger partial charge in [0.05, 0.1) is 18.2 Å². The lowest BCUT2D eigenvalue weighted by molar-refractivity contribution is -0.325. The summed E-state index contributed by atoms with van der Waals surface area (Å²) < 4.78 is 55.4. The first-order chi connectivity index (χ1) is 15.8. The molecule has 0 radical (unpaired) electrons. The van der Waals surface area contributed by atoms with E-state index in [1.807, 2.05) is 0 Å². The predicted molar refractivity (Wildman–Crippen MR) is 109 cm³/mol. The largest absolute Gasteiger partial charge is 0.522 e. The van der Waals surface area contributed by atoms with Gasteiger partial charge in [0.2, 0.25) is 5.89 Å². The quantitative estimate of drug-likeness (QED) is 0.573. The summed E-state index contributed by atoms with van der Waals surface area (Å²) in [5, 5.41) is 14.3. The lowest BCUT2D eigenvalue weighted by Gasteiger charge is -2.29. The summed E-state index contributed by atoms with van der Waals surface area (Å²) in [6, 6.07) is 4.86. The van der Waals surface area contributed by atoms with Crippen LogP contribution >= 0.6 is 11.6 Å². The van der Waals surface area contributed by atoms with Gasteiger partial charge in [-0.1, -0.05) is 16.7 Å². The van der Waals surface area contributed by atoms with Gasteiger partial charge in [-0.05, 0) is 37.1 Å². The highest BCUT2D eigenvalue weighted by molar-refractivity contribution is 6.30. The fourth-order valence-electron chi connectivity index (χ4n) is 3.44. The first kappa shape index (κ1) is 23.3. The van der Waals surface area contributed by atoms with Crippen molar-refractivity contribution in [2.75, 3.05) is 26.4 Å². The van der Waals surface area contributed by atoms with Crippen molar-refractivity contribution >= 4 is 23.6 Å². The molecule has 2 aliphatic rings. The summed E-state index contributed by atoms with van der Waals surface area (Å²) in [5.41, 5.74) is 1.30. The molecule has 2 atom stereocenters. The van der Waals surface area contributed by atoms with Gasteiger partial charge in [0.1, 0.15) is 19.0 Å². The Morgan fingerprint density at radius 3 is 2.88 bits per heavy atom. The number of ether oxygens (including phenoxy) is 3. The molecular weight excluding hydrogens is 469 g/mol. The van der Waals surface area contributed by atoms with E-state index in [0.717, 1.165) is 5.56 Å². The Morgan fingerprint density at radius 1 is 1.27 bits per heavy atom. The summed E-state index contributed by atoms with van der Waals surface area (Å²) in [7, 11) is 0. The van der Waals surface area contributed by atoms with E-state index in [9.17, 15) is 18.0 Å². The zero-order valence-electron chi connectivity index (χ0n) is 17.2. The van der Waals surface area contributed by atoms with Gasteiger partial charge in [-0.3, -0.25) is 9.53 Å². The van der Waals surface area contributed by atoms with E-state index in [2.05, 4.69) is 25.6 Å². The molecule has 1 saturated heterocycles. The first-order valence-electron chi connectivity index (χ1n) is 10.1. The number of piperidine rings is 1. The maximum Gasteiger partial charge on any atom is 0.522 e. The van der Waals surface area contributed by atoms with Gasteiger partial charge in [0, 0.05) is 23.2 Å². The van der Waals surface area contributed by atoms with Crippen molar-refractivity contribution in [3.63, 3.8) is 0 Å². The average Bonchev–Trinajstić information content (AvgIpc) is 3.25. The Morgan fingerprint density at radius 2 is 2.12 bits per heavy atom. The number of amides is 1. The molecule has 13 heteroatoms. The van der Waals surface area contributed by atoms with Crippen LogP contribution < -0.4 is 20.1 Å². The average molecular weight is 489 g/mol. The minimum atomic E-state index is -4.72. The van der Waals surface area contributed by atoms with Crippen LogP contribution in [-0.2, 0) is 9.53 Å². The van der Waals surface area contributed by atoms with Gasteiger partial charge in [0.25, 0.3) is 5.91 Å². The number of halogens is 4. The molecule has 33 heavy (non-hydrogen) atoms.